The summed E-state index contributed by atoms with van der Waals surface area (Å²) in [7, 11) is 0. The maximum absolute atomic E-state index is 10.5. The van der Waals surface area contributed by atoms with Crippen LogP contribution in [0.1, 0.15) is 61.7 Å². The molecule has 0 bridgehead atoms. The summed E-state index contributed by atoms with van der Waals surface area (Å²) in [4.78, 5) is 0. The van der Waals surface area contributed by atoms with Gasteiger partial charge in [0, 0.05) is 12.2 Å². The lowest BCUT2D eigenvalue weighted by Gasteiger charge is -2.22. The highest BCUT2D eigenvalue weighted by Crippen LogP contribution is 2.33. The fourth-order valence-corrected chi connectivity index (χ4v) is 4.24. The molecule has 1 atom stereocenters. The van der Waals surface area contributed by atoms with E-state index in [2.05, 4.69) is 53.8 Å². The molecular weight excluding hydrogens is 330 g/mol. The number of hydrogen-bond donors (Lipinski definition) is 2. The molecule has 2 nitrogen and oxygen atoms in total. The molecule has 4 rings (SSSR count). The highest BCUT2D eigenvalue weighted by molar-refractivity contribution is 5.83. The van der Waals surface area contributed by atoms with Crippen LogP contribution in [0, 0.1) is 0 Å². The molecule has 0 saturated heterocycles. The predicted octanol–water partition coefficient (Wildman–Crippen LogP) is 6.42. The molecule has 0 amide bonds. The van der Waals surface area contributed by atoms with E-state index in [-0.39, 0.29) is 0 Å². The summed E-state index contributed by atoms with van der Waals surface area (Å²) in [6, 6.07) is 23.4. The Morgan fingerprint density at radius 3 is 2.37 bits per heavy atom. The molecule has 0 aromatic heterocycles. The summed E-state index contributed by atoms with van der Waals surface area (Å²) in [6.07, 6.45) is 7.08. The first-order chi connectivity index (χ1) is 13.3. The van der Waals surface area contributed by atoms with E-state index < -0.39 is 6.10 Å². The summed E-state index contributed by atoms with van der Waals surface area (Å²) in [5.41, 5.74) is 3.61. The van der Waals surface area contributed by atoms with E-state index in [4.69, 9.17) is 0 Å². The predicted molar refractivity (Wildman–Crippen MR) is 114 cm³/mol. The van der Waals surface area contributed by atoms with E-state index in [1.54, 1.807) is 0 Å². The van der Waals surface area contributed by atoms with Gasteiger partial charge in [-0.15, -0.1) is 0 Å². The minimum Gasteiger partial charge on any atom is -0.388 e. The van der Waals surface area contributed by atoms with Gasteiger partial charge >= 0.3 is 0 Å². The van der Waals surface area contributed by atoms with Crippen LogP contribution in [0.15, 0.2) is 66.7 Å². The van der Waals surface area contributed by atoms with Crippen molar-refractivity contribution in [1.82, 2.24) is 0 Å². The van der Waals surface area contributed by atoms with Crippen LogP contribution in [0.5, 0.6) is 0 Å². The van der Waals surface area contributed by atoms with Gasteiger partial charge in [-0.2, -0.15) is 0 Å². The van der Waals surface area contributed by atoms with Crippen molar-refractivity contribution in [3.05, 3.63) is 77.9 Å². The summed E-state index contributed by atoms with van der Waals surface area (Å²) >= 11 is 0. The zero-order valence-corrected chi connectivity index (χ0v) is 15.9. The zero-order chi connectivity index (χ0) is 18.5. The van der Waals surface area contributed by atoms with Gasteiger partial charge in [0.25, 0.3) is 0 Å². The Morgan fingerprint density at radius 2 is 1.59 bits per heavy atom. The van der Waals surface area contributed by atoms with Gasteiger partial charge in [0.05, 0.1) is 6.10 Å². The van der Waals surface area contributed by atoms with Crippen LogP contribution in [0.3, 0.4) is 0 Å². The highest BCUT2D eigenvalue weighted by atomic mass is 16.3. The maximum atomic E-state index is 10.5. The van der Waals surface area contributed by atoms with Crippen LogP contribution in [-0.2, 0) is 0 Å². The lowest BCUT2D eigenvalue weighted by atomic mass is 9.84. The van der Waals surface area contributed by atoms with Crippen molar-refractivity contribution >= 4 is 16.5 Å². The van der Waals surface area contributed by atoms with Crippen molar-refractivity contribution in [3.63, 3.8) is 0 Å². The van der Waals surface area contributed by atoms with Crippen LogP contribution in [-0.4, -0.2) is 11.7 Å². The van der Waals surface area contributed by atoms with Crippen LogP contribution in [0.4, 0.5) is 5.69 Å². The Labute approximate surface area is 162 Å². The number of benzene rings is 3. The van der Waals surface area contributed by atoms with Crippen molar-refractivity contribution < 1.29 is 5.11 Å². The molecule has 0 spiro atoms. The zero-order valence-electron chi connectivity index (χ0n) is 15.9. The first kappa shape index (κ1) is 18.1. The van der Waals surface area contributed by atoms with E-state index in [1.807, 2.05) is 18.2 Å². The average molecular weight is 360 g/mol. The topological polar surface area (TPSA) is 32.3 Å². The van der Waals surface area contributed by atoms with Gasteiger partial charge in [0.15, 0.2) is 0 Å². The summed E-state index contributed by atoms with van der Waals surface area (Å²) in [5, 5.41) is 16.4. The van der Waals surface area contributed by atoms with E-state index in [0.29, 0.717) is 6.42 Å². The van der Waals surface area contributed by atoms with Crippen molar-refractivity contribution in [2.45, 2.75) is 50.5 Å². The van der Waals surface area contributed by atoms with Crippen LogP contribution >= 0.6 is 0 Å². The van der Waals surface area contributed by atoms with Gasteiger partial charge < -0.3 is 10.4 Å². The van der Waals surface area contributed by atoms with Crippen molar-refractivity contribution in [2.75, 3.05) is 11.9 Å². The van der Waals surface area contributed by atoms with Gasteiger partial charge in [0.2, 0.25) is 0 Å². The minimum atomic E-state index is -0.441. The number of aliphatic hydroxyl groups excluding tert-OH is 1. The Kier molecular flexibility index (Phi) is 5.74. The molecule has 0 aliphatic heterocycles. The molecule has 2 N–H and O–H groups in total. The molecule has 3 aromatic carbocycles. The molecule has 1 saturated carbocycles. The summed E-state index contributed by atoms with van der Waals surface area (Å²) in [6.45, 7) is 0.761. The van der Waals surface area contributed by atoms with Crippen molar-refractivity contribution in [2.24, 2.45) is 0 Å². The van der Waals surface area contributed by atoms with E-state index in [9.17, 15) is 5.11 Å². The summed E-state index contributed by atoms with van der Waals surface area (Å²) in [5.74, 6) is 0.752. The van der Waals surface area contributed by atoms with E-state index in [1.165, 1.54) is 48.4 Å². The smallest absolute Gasteiger partial charge is 0.0807 e. The lowest BCUT2D eigenvalue weighted by Crippen LogP contribution is -2.08. The fraction of sp³-hybridized carbons (Fsp3) is 0.360. The van der Waals surface area contributed by atoms with Gasteiger partial charge in [-0.05, 0) is 65.3 Å². The second-order valence-corrected chi connectivity index (χ2v) is 7.79. The van der Waals surface area contributed by atoms with Gasteiger partial charge in [-0.3, -0.25) is 0 Å². The molecule has 1 aliphatic carbocycles. The number of hydrogen-bond acceptors (Lipinski definition) is 2. The maximum Gasteiger partial charge on any atom is 0.0807 e. The quantitative estimate of drug-likeness (QED) is 0.532. The SMILES string of the molecule is OC(CCNc1ccc(C2CCCCC2)cc1)c1ccc2ccccc2c1. The Morgan fingerprint density at radius 1 is 0.852 bits per heavy atom. The minimum absolute atomic E-state index is 0.441. The third kappa shape index (κ3) is 4.51. The number of fused-ring (bicyclic) bond motifs is 1. The number of anilines is 1. The van der Waals surface area contributed by atoms with Gasteiger partial charge in [0.1, 0.15) is 0 Å². The standard InChI is InChI=1S/C25H29NO/c27-25(23-11-10-20-8-4-5-9-22(20)18-23)16-17-26-24-14-12-21(13-15-24)19-6-2-1-3-7-19/h4-5,8-15,18-19,25-27H,1-3,6-7,16-17H2. The molecule has 3 aromatic rings. The molecule has 0 heterocycles. The normalized spacial score (nSPS) is 16.3. The molecule has 2 heteroatoms. The van der Waals surface area contributed by atoms with E-state index in [0.717, 1.165) is 23.7 Å². The summed E-state index contributed by atoms with van der Waals surface area (Å²) < 4.78 is 0. The van der Waals surface area contributed by atoms with Gasteiger partial charge in [-0.1, -0.05) is 67.8 Å². The third-order valence-electron chi connectivity index (χ3n) is 5.89. The highest BCUT2D eigenvalue weighted by Gasteiger charge is 2.15. The Balaban J connectivity index is 1.30. The van der Waals surface area contributed by atoms with Crippen LogP contribution < -0.4 is 5.32 Å². The fourth-order valence-electron chi connectivity index (χ4n) is 4.24. The second-order valence-electron chi connectivity index (χ2n) is 7.79. The van der Waals surface area contributed by atoms with Crippen LogP contribution in [0.2, 0.25) is 0 Å². The second kappa shape index (κ2) is 8.58. The van der Waals surface area contributed by atoms with Crippen molar-refractivity contribution in [1.29, 1.82) is 0 Å². The van der Waals surface area contributed by atoms with Crippen molar-refractivity contribution in [3.8, 4) is 0 Å². The number of rotatable bonds is 6. The largest absolute Gasteiger partial charge is 0.388 e. The molecule has 0 radical (unpaired) electrons. The first-order valence-electron chi connectivity index (χ1n) is 10.3. The molecule has 140 valence electrons. The molecule has 1 unspecified atom stereocenters. The number of nitrogens with one attached hydrogen (secondary N) is 1. The monoisotopic (exact) mass is 359 g/mol. The number of aliphatic hydroxyl groups is 1. The molecule has 1 fully saturated rings. The third-order valence-corrected chi connectivity index (χ3v) is 5.89. The van der Waals surface area contributed by atoms with E-state index >= 15 is 0 Å². The van der Waals surface area contributed by atoms with Crippen LogP contribution in [0.25, 0.3) is 10.8 Å². The Bertz CT molecular complexity index is 865. The lowest BCUT2D eigenvalue weighted by molar-refractivity contribution is 0.172. The molecule has 27 heavy (non-hydrogen) atoms. The molecular formula is C25H29NO. The molecule has 1 aliphatic rings. The van der Waals surface area contributed by atoms with Gasteiger partial charge in [-0.25, -0.2) is 0 Å². The average Bonchev–Trinajstić information content (AvgIpc) is 2.74. The Hall–Kier alpha value is -2.32. The first-order valence-corrected chi connectivity index (χ1v) is 10.3.